The first-order valence-electron chi connectivity index (χ1n) is 8.98. The summed E-state index contributed by atoms with van der Waals surface area (Å²) in [6.45, 7) is 5.57. The van der Waals surface area contributed by atoms with Crippen LogP contribution in [-0.4, -0.2) is 91.5 Å². The maximum atomic E-state index is 12.4. The molecule has 0 spiro atoms. The highest BCUT2D eigenvalue weighted by atomic mass is 16.5. The Balaban J connectivity index is 1.84. The van der Waals surface area contributed by atoms with E-state index in [0.717, 1.165) is 32.6 Å². The molecule has 0 bridgehead atoms. The van der Waals surface area contributed by atoms with Crippen molar-refractivity contribution in [1.82, 2.24) is 20.4 Å². The number of rotatable bonds is 6. The van der Waals surface area contributed by atoms with Crippen LogP contribution in [0.2, 0.25) is 0 Å². The van der Waals surface area contributed by atoms with E-state index in [4.69, 9.17) is 4.74 Å². The van der Waals surface area contributed by atoms with Gasteiger partial charge in [0.15, 0.2) is 0 Å². The number of likely N-dealkylation sites (N-methyl/N-ethyl adjacent to an activating group) is 1. The second-order valence-corrected chi connectivity index (χ2v) is 6.59. The third kappa shape index (κ3) is 5.98. The lowest BCUT2D eigenvalue weighted by atomic mass is 10.0. The summed E-state index contributed by atoms with van der Waals surface area (Å²) in [5, 5.41) is 15.1. The van der Waals surface area contributed by atoms with E-state index < -0.39 is 12.1 Å². The third-order valence-corrected chi connectivity index (χ3v) is 4.53. The number of nitrogens with zero attached hydrogens (tertiary/aromatic N) is 2. The predicted molar refractivity (Wildman–Crippen MR) is 94.2 cm³/mol. The molecule has 8 nitrogen and oxygen atoms in total. The van der Waals surface area contributed by atoms with Crippen LogP contribution in [0.4, 0.5) is 4.79 Å². The molecule has 3 N–H and O–H groups in total. The van der Waals surface area contributed by atoms with Gasteiger partial charge in [0, 0.05) is 32.7 Å². The quantitative estimate of drug-likeness (QED) is 0.562. The number of hydrogen-bond donors (Lipinski definition) is 3. The Morgan fingerprint density at radius 2 is 1.96 bits per heavy atom. The predicted octanol–water partition coefficient (Wildman–Crippen LogP) is -0.456. The summed E-state index contributed by atoms with van der Waals surface area (Å²) in [4.78, 5) is 28.2. The minimum atomic E-state index is -0.553. The highest BCUT2D eigenvalue weighted by molar-refractivity contribution is 5.77. The van der Waals surface area contributed by atoms with Crippen molar-refractivity contribution in [2.45, 2.75) is 38.0 Å². The second kappa shape index (κ2) is 9.74. The molecule has 8 heteroatoms. The molecule has 0 radical (unpaired) electrons. The Labute approximate surface area is 149 Å². The Morgan fingerprint density at radius 3 is 2.60 bits per heavy atom. The fraction of sp³-hybridized carbons (Fsp3) is 0.765. The van der Waals surface area contributed by atoms with Crippen LogP contribution in [0.25, 0.3) is 0 Å². The van der Waals surface area contributed by atoms with Gasteiger partial charge in [0.25, 0.3) is 0 Å². The van der Waals surface area contributed by atoms with Crippen LogP contribution < -0.4 is 10.6 Å². The number of ether oxygens (including phenoxy) is 1. The molecule has 1 saturated heterocycles. The highest BCUT2D eigenvalue weighted by Gasteiger charge is 2.30. The zero-order valence-electron chi connectivity index (χ0n) is 15.1. The number of carbonyl (C=O) groups is 2. The lowest BCUT2D eigenvalue weighted by molar-refractivity contribution is -0.137. The van der Waals surface area contributed by atoms with Gasteiger partial charge in [-0.15, -0.1) is 0 Å². The van der Waals surface area contributed by atoms with E-state index in [1.54, 1.807) is 12.2 Å². The Morgan fingerprint density at radius 1 is 1.24 bits per heavy atom. The molecule has 142 valence electrons. The lowest BCUT2D eigenvalue weighted by Gasteiger charge is -2.35. The first-order chi connectivity index (χ1) is 12.0. The second-order valence-electron chi connectivity index (χ2n) is 6.59. The fourth-order valence-corrected chi connectivity index (χ4v) is 2.93. The number of aliphatic hydroxyl groups excluding tert-OH is 1. The SMILES string of the molecule is CCCNC(=O)N[C@H]1C=C[C@@H](CC(=O)N2CCN(C)CC2)O[C@@H]1CO. The summed E-state index contributed by atoms with van der Waals surface area (Å²) in [6, 6.07) is -0.692. The number of amides is 3. The fourth-order valence-electron chi connectivity index (χ4n) is 2.93. The third-order valence-electron chi connectivity index (χ3n) is 4.53. The van der Waals surface area contributed by atoms with Crippen molar-refractivity contribution in [1.29, 1.82) is 0 Å². The summed E-state index contributed by atoms with van der Waals surface area (Å²) in [7, 11) is 2.05. The summed E-state index contributed by atoms with van der Waals surface area (Å²) >= 11 is 0. The number of urea groups is 1. The number of hydrogen-bond acceptors (Lipinski definition) is 5. The van der Waals surface area contributed by atoms with Crippen molar-refractivity contribution in [3.63, 3.8) is 0 Å². The van der Waals surface area contributed by atoms with E-state index >= 15 is 0 Å². The summed E-state index contributed by atoms with van der Waals surface area (Å²) in [5.41, 5.74) is 0. The molecule has 2 heterocycles. The van der Waals surface area contributed by atoms with Gasteiger partial charge in [0.1, 0.15) is 6.10 Å². The minimum absolute atomic E-state index is 0.0616. The molecular weight excluding hydrogens is 324 g/mol. The van der Waals surface area contributed by atoms with Gasteiger partial charge in [0.05, 0.1) is 25.2 Å². The van der Waals surface area contributed by atoms with Gasteiger partial charge in [0.2, 0.25) is 5.91 Å². The van der Waals surface area contributed by atoms with Crippen LogP contribution in [0, 0.1) is 0 Å². The molecule has 0 aromatic heterocycles. The number of aliphatic hydroxyl groups is 1. The molecule has 3 atom stereocenters. The monoisotopic (exact) mass is 354 g/mol. The van der Waals surface area contributed by atoms with Crippen LogP contribution in [0.3, 0.4) is 0 Å². The summed E-state index contributed by atoms with van der Waals surface area (Å²) in [5.74, 6) is 0.0616. The molecule has 25 heavy (non-hydrogen) atoms. The van der Waals surface area contributed by atoms with Crippen molar-refractivity contribution in [3.05, 3.63) is 12.2 Å². The smallest absolute Gasteiger partial charge is 0.315 e. The van der Waals surface area contributed by atoms with Gasteiger partial charge in [-0.25, -0.2) is 4.79 Å². The van der Waals surface area contributed by atoms with E-state index in [1.807, 2.05) is 18.9 Å². The van der Waals surface area contributed by atoms with E-state index in [1.165, 1.54) is 0 Å². The Kier molecular flexibility index (Phi) is 7.67. The van der Waals surface area contributed by atoms with Crippen LogP contribution in [-0.2, 0) is 9.53 Å². The molecule has 0 aromatic rings. The number of piperazine rings is 1. The van der Waals surface area contributed by atoms with Crippen LogP contribution in [0.15, 0.2) is 12.2 Å². The number of nitrogens with one attached hydrogen (secondary N) is 2. The zero-order valence-corrected chi connectivity index (χ0v) is 15.1. The van der Waals surface area contributed by atoms with Gasteiger partial charge in [-0.1, -0.05) is 19.1 Å². The van der Waals surface area contributed by atoms with E-state index in [2.05, 4.69) is 15.5 Å². The average Bonchev–Trinajstić information content (AvgIpc) is 2.61. The average molecular weight is 354 g/mol. The standard InChI is InChI=1S/C17H30N4O4/c1-3-6-18-17(24)19-14-5-4-13(25-15(14)12-22)11-16(23)21-9-7-20(2)8-10-21/h4-5,13-15,22H,3,6-12H2,1-2H3,(H2,18,19,24)/t13-,14-,15+/m0/s1. The van der Waals surface area contributed by atoms with Crippen LogP contribution in [0.1, 0.15) is 19.8 Å². The van der Waals surface area contributed by atoms with Crippen molar-refractivity contribution >= 4 is 11.9 Å². The molecule has 2 aliphatic rings. The molecule has 1 fully saturated rings. The normalized spacial score (nSPS) is 27.2. The van der Waals surface area contributed by atoms with Gasteiger partial charge in [-0.05, 0) is 13.5 Å². The van der Waals surface area contributed by atoms with E-state index in [0.29, 0.717) is 6.54 Å². The van der Waals surface area contributed by atoms with Crippen LogP contribution >= 0.6 is 0 Å². The first kappa shape index (κ1) is 19.7. The summed E-state index contributed by atoms with van der Waals surface area (Å²) in [6.07, 6.45) is 3.78. The van der Waals surface area contributed by atoms with Gasteiger partial charge < -0.3 is 30.3 Å². The van der Waals surface area contributed by atoms with Crippen LogP contribution in [0.5, 0.6) is 0 Å². The van der Waals surface area contributed by atoms with E-state index in [9.17, 15) is 14.7 Å². The van der Waals surface area contributed by atoms with Gasteiger partial charge in [-0.3, -0.25) is 4.79 Å². The maximum absolute atomic E-state index is 12.4. The molecular formula is C17H30N4O4. The molecule has 3 amide bonds. The van der Waals surface area contributed by atoms with E-state index in [-0.39, 0.29) is 31.1 Å². The minimum Gasteiger partial charge on any atom is -0.394 e. The first-order valence-corrected chi connectivity index (χ1v) is 8.98. The summed E-state index contributed by atoms with van der Waals surface area (Å²) < 4.78 is 5.80. The Hall–Kier alpha value is -1.64. The van der Waals surface area contributed by atoms with Crippen molar-refractivity contribution in [3.8, 4) is 0 Å². The number of carbonyl (C=O) groups excluding carboxylic acids is 2. The maximum Gasteiger partial charge on any atom is 0.315 e. The topological polar surface area (TPSA) is 94.1 Å². The van der Waals surface area contributed by atoms with Gasteiger partial charge in [-0.2, -0.15) is 0 Å². The van der Waals surface area contributed by atoms with Gasteiger partial charge >= 0.3 is 6.03 Å². The molecule has 0 unspecified atom stereocenters. The zero-order chi connectivity index (χ0) is 18.2. The molecule has 0 aliphatic carbocycles. The van der Waals surface area contributed by atoms with Crippen molar-refractivity contribution in [2.24, 2.45) is 0 Å². The van der Waals surface area contributed by atoms with Crippen molar-refractivity contribution < 1.29 is 19.4 Å². The lowest BCUT2D eigenvalue weighted by Crippen LogP contribution is -2.52. The largest absolute Gasteiger partial charge is 0.394 e. The molecule has 2 rings (SSSR count). The Bertz CT molecular complexity index is 477. The molecule has 0 aromatic carbocycles. The van der Waals surface area contributed by atoms with Crippen molar-refractivity contribution in [2.75, 3.05) is 46.4 Å². The molecule has 0 saturated carbocycles. The highest BCUT2D eigenvalue weighted by Crippen LogP contribution is 2.17. The molecule has 2 aliphatic heterocycles.